The maximum absolute atomic E-state index is 13.2. The number of esters is 1. The number of unbranched alkanes of at least 4 members (excludes halogenated alkanes) is 1. The third-order valence-electron chi connectivity index (χ3n) is 5.65. The lowest BCUT2D eigenvalue weighted by Crippen LogP contribution is -2.58. The van der Waals surface area contributed by atoms with Crippen molar-refractivity contribution in [1.82, 2.24) is 16.0 Å². The van der Waals surface area contributed by atoms with Crippen LogP contribution in [-0.2, 0) is 35.1 Å². The van der Waals surface area contributed by atoms with Crippen molar-refractivity contribution in [2.45, 2.75) is 91.0 Å². The van der Waals surface area contributed by atoms with Crippen LogP contribution >= 0.6 is 0 Å². The summed E-state index contributed by atoms with van der Waals surface area (Å²) in [4.78, 5) is 61.9. The SMILES string of the molecule is CCCCOC(=O)[C@@H](NC(=O)[C@H](CC(C)C)NC(=O)[C@H](CCc1ccccc1)NC(C)=O)[C@@H](C)OC(=O)O. The van der Waals surface area contributed by atoms with Crippen LogP contribution in [0.25, 0.3) is 0 Å². The lowest BCUT2D eigenvalue weighted by Gasteiger charge is -2.27. The van der Waals surface area contributed by atoms with E-state index in [1.54, 1.807) is 0 Å². The Labute approximate surface area is 224 Å². The van der Waals surface area contributed by atoms with Gasteiger partial charge in [0.1, 0.15) is 18.2 Å². The maximum Gasteiger partial charge on any atom is 0.506 e. The average Bonchev–Trinajstić information content (AvgIpc) is 2.84. The van der Waals surface area contributed by atoms with Crippen LogP contribution in [0.15, 0.2) is 30.3 Å². The summed E-state index contributed by atoms with van der Waals surface area (Å²) in [6.07, 6.45) is -0.416. The molecule has 1 rings (SSSR count). The maximum atomic E-state index is 13.2. The lowest BCUT2D eigenvalue weighted by atomic mass is 10.0. The normalized spacial score (nSPS) is 13.9. The van der Waals surface area contributed by atoms with Crippen molar-refractivity contribution >= 4 is 29.8 Å². The second-order valence-corrected chi connectivity index (χ2v) is 9.56. The first kappa shape index (κ1) is 32.4. The van der Waals surface area contributed by atoms with E-state index in [9.17, 15) is 24.0 Å². The number of nitrogens with one attached hydrogen (secondary N) is 3. The van der Waals surface area contributed by atoms with Gasteiger partial charge in [-0.15, -0.1) is 0 Å². The second-order valence-electron chi connectivity index (χ2n) is 9.56. The van der Waals surface area contributed by atoms with E-state index in [2.05, 4.69) is 16.0 Å². The number of carboxylic acid groups (broad SMARTS) is 1. The molecule has 0 unspecified atom stereocenters. The number of hydrogen-bond acceptors (Lipinski definition) is 7. The zero-order valence-electron chi connectivity index (χ0n) is 22.8. The third-order valence-corrected chi connectivity index (χ3v) is 5.65. The van der Waals surface area contributed by atoms with E-state index in [1.807, 2.05) is 51.1 Å². The van der Waals surface area contributed by atoms with Gasteiger partial charge in [0.2, 0.25) is 17.7 Å². The molecule has 0 aliphatic heterocycles. The monoisotopic (exact) mass is 535 g/mol. The van der Waals surface area contributed by atoms with E-state index in [0.29, 0.717) is 19.3 Å². The first-order valence-electron chi connectivity index (χ1n) is 12.9. The van der Waals surface area contributed by atoms with Crippen LogP contribution in [0.5, 0.6) is 0 Å². The number of carbonyl (C=O) groups is 5. The number of benzene rings is 1. The molecule has 0 aromatic heterocycles. The predicted molar refractivity (Wildman–Crippen MR) is 140 cm³/mol. The van der Waals surface area contributed by atoms with Crippen LogP contribution in [-0.4, -0.2) is 65.8 Å². The van der Waals surface area contributed by atoms with Crippen molar-refractivity contribution < 1.29 is 38.6 Å². The fourth-order valence-corrected chi connectivity index (χ4v) is 3.70. The smallest absolute Gasteiger partial charge is 0.464 e. The highest BCUT2D eigenvalue weighted by atomic mass is 16.7. The van der Waals surface area contributed by atoms with Gasteiger partial charge in [0.25, 0.3) is 0 Å². The zero-order chi connectivity index (χ0) is 28.7. The highest BCUT2D eigenvalue weighted by Crippen LogP contribution is 2.11. The first-order chi connectivity index (χ1) is 17.9. The molecule has 0 saturated heterocycles. The van der Waals surface area contributed by atoms with Crippen molar-refractivity contribution in [3.8, 4) is 0 Å². The minimum absolute atomic E-state index is 0.0165. The Hall–Kier alpha value is -3.63. The summed E-state index contributed by atoms with van der Waals surface area (Å²) in [5, 5.41) is 16.8. The van der Waals surface area contributed by atoms with Gasteiger partial charge in [-0.3, -0.25) is 14.4 Å². The number of ether oxygens (including phenoxy) is 2. The Balaban J connectivity index is 3.04. The Morgan fingerprint density at radius 1 is 0.921 bits per heavy atom. The van der Waals surface area contributed by atoms with Crippen LogP contribution in [0.3, 0.4) is 0 Å². The van der Waals surface area contributed by atoms with E-state index in [4.69, 9.17) is 14.6 Å². The molecule has 3 amide bonds. The van der Waals surface area contributed by atoms with Gasteiger partial charge in [-0.05, 0) is 44.1 Å². The Morgan fingerprint density at radius 2 is 1.55 bits per heavy atom. The van der Waals surface area contributed by atoms with Gasteiger partial charge in [0.05, 0.1) is 6.61 Å². The molecular weight excluding hydrogens is 494 g/mol. The fourth-order valence-electron chi connectivity index (χ4n) is 3.70. The summed E-state index contributed by atoms with van der Waals surface area (Å²) in [5.41, 5.74) is 0.990. The summed E-state index contributed by atoms with van der Waals surface area (Å²) < 4.78 is 9.89. The van der Waals surface area contributed by atoms with E-state index in [-0.39, 0.29) is 18.9 Å². The number of rotatable bonds is 16. The van der Waals surface area contributed by atoms with Crippen LogP contribution in [0.2, 0.25) is 0 Å². The average molecular weight is 536 g/mol. The molecule has 38 heavy (non-hydrogen) atoms. The van der Waals surface area contributed by atoms with E-state index < -0.39 is 54.1 Å². The van der Waals surface area contributed by atoms with Crippen LogP contribution in [0, 0.1) is 5.92 Å². The fraction of sp³-hybridized carbons (Fsp3) is 0.593. The summed E-state index contributed by atoms with van der Waals surface area (Å²) in [5.74, 6) is -2.49. The number of aryl methyl sites for hydroxylation is 1. The van der Waals surface area contributed by atoms with Crippen molar-refractivity contribution in [1.29, 1.82) is 0 Å². The van der Waals surface area contributed by atoms with Crippen molar-refractivity contribution in [2.24, 2.45) is 5.92 Å². The summed E-state index contributed by atoms with van der Waals surface area (Å²) in [7, 11) is 0. The Morgan fingerprint density at radius 3 is 2.11 bits per heavy atom. The van der Waals surface area contributed by atoms with E-state index >= 15 is 0 Å². The van der Waals surface area contributed by atoms with E-state index in [1.165, 1.54) is 13.8 Å². The molecule has 11 heteroatoms. The molecule has 0 bridgehead atoms. The van der Waals surface area contributed by atoms with Crippen molar-refractivity contribution in [3.05, 3.63) is 35.9 Å². The molecule has 0 heterocycles. The highest BCUT2D eigenvalue weighted by Gasteiger charge is 2.34. The minimum Gasteiger partial charge on any atom is -0.464 e. The molecule has 0 aliphatic carbocycles. The molecule has 0 saturated carbocycles. The third kappa shape index (κ3) is 12.6. The summed E-state index contributed by atoms with van der Waals surface area (Å²) >= 11 is 0. The molecule has 0 fully saturated rings. The molecule has 0 spiro atoms. The van der Waals surface area contributed by atoms with E-state index in [0.717, 1.165) is 12.0 Å². The van der Waals surface area contributed by atoms with Crippen LogP contribution < -0.4 is 16.0 Å². The van der Waals surface area contributed by atoms with Gasteiger partial charge < -0.3 is 30.5 Å². The molecule has 4 N–H and O–H groups in total. The van der Waals surface area contributed by atoms with Crippen molar-refractivity contribution in [2.75, 3.05) is 6.61 Å². The summed E-state index contributed by atoms with van der Waals surface area (Å²) in [6.45, 7) is 8.37. The zero-order valence-corrected chi connectivity index (χ0v) is 22.8. The number of amides is 3. The molecule has 1 aromatic carbocycles. The van der Waals surface area contributed by atoms with Crippen LogP contribution in [0.1, 0.15) is 65.9 Å². The molecule has 212 valence electrons. The summed E-state index contributed by atoms with van der Waals surface area (Å²) in [6, 6.07) is 6.11. The Bertz CT molecular complexity index is 922. The molecule has 0 aliphatic rings. The molecular formula is C27H41N3O8. The first-order valence-corrected chi connectivity index (χ1v) is 12.9. The van der Waals surface area contributed by atoms with Gasteiger partial charge in [-0.25, -0.2) is 9.59 Å². The van der Waals surface area contributed by atoms with Gasteiger partial charge in [0, 0.05) is 6.92 Å². The number of hydrogen-bond donors (Lipinski definition) is 4. The van der Waals surface area contributed by atoms with Crippen LogP contribution in [0.4, 0.5) is 4.79 Å². The van der Waals surface area contributed by atoms with Gasteiger partial charge >= 0.3 is 12.1 Å². The molecule has 1 aromatic rings. The Kier molecular flexibility index (Phi) is 14.5. The quantitative estimate of drug-likeness (QED) is 0.186. The molecule has 11 nitrogen and oxygen atoms in total. The molecule has 0 radical (unpaired) electrons. The highest BCUT2D eigenvalue weighted by molar-refractivity contribution is 5.93. The van der Waals surface area contributed by atoms with Crippen molar-refractivity contribution in [3.63, 3.8) is 0 Å². The standard InChI is InChI=1S/C27H41N3O8/c1-6-7-15-37-26(34)23(18(4)38-27(35)36)30-25(33)22(16-17(2)3)29-24(32)21(28-19(5)31)14-13-20-11-9-8-10-12-20/h8-12,17-18,21-23H,6-7,13-16H2,1-5H3,(H,28,31)(H,29,32)(H,30,33)(H,35,36)/t18-,21+,22+,23+/m1/s1. The largest absolute Gasteiger partial charge is 0.506 e. The second kappa shape index (κ2) is 17.0. The number of carbonyl (C=O) groups excluding carboxylic acids is 4. The predicted octanol–water partition coefficient (Wildman–Crippen LogP) is 2.57. The van der Waals surface area contributed by atoms with Gasteiger partial charge in [-0.2, -0.15) is 0 Å². The lowest BCUT2D eigenvalue weighted by molar-refractivity contribution is -0.151. The van der Waals surface area contributed by atoms with Gasteiger partial charge in [-0.1, -0.05) is 57.5 Å². The molecule has 4 atom stereocenters. The topological polar surface area (TPSA) is 160 Å². The van der Waals surface area contributed by atoms with Gasteiger partial charge in [0.15, 0.2) is 6.04 Å². The minimum atomic E-state index is -1.61.